The topological polar surface area (TPSA) is 79.4 Å². The average molecular weight is 343 g/mol. The minimum Gasteiger partial charge on any atom is -0.494 e. The van der Waals surface area contributed by atoms with Crippen LogP contribution in [0.4, 0.5) is 11.6 Å². The minimum atomic E-state index is -0.161. The maximum atomic E-state index is 12.0. The van der Waals surface area contributed by atoms with Crippen LogP contribution >= 0.6 is 0 Å². The number of anilines is 2. The van der Waals surface area contributed by atoms with Gasteiger partial charge < -0.3 is 20.3 Å². The average Bonchev–Trinajstić information content (AvgIpc) is 2.61. The first kappa shape index (κ1) is 18.7. The number of hydrogen-bond donors (Lipinski definition) is 2. The fraction of sp³-hybridized carbons (Fsp3) is 0.389. The first-order valence-electron chi connectivity index (χ1n) is 8.33. The Labute approximate surface area is 148 Å². The van der Waals surface area contributed by atoms with E-state index in [0.717, 1.165) is 24.4 Å². The highest BCUT2D eigenvalue weighted by molar-refractivity contribution is 5.93. The molecule has 0 spiro atoms. The van der Waals surface area contributed by atoms with Crippen molar-refractivity contribution in [3.63, 3.8) is 0 Å². The SMILES string of the molecule is CCOc1ccc(Nc2ncc(C(=O)NCCCN(C)C)cn2)cc1. The number of aromatic nitrogens is 2. The van der Waals surface area contributed by atoms with Crippen LogP contribution in [0.25, 0.3) is 0 Å². The van der Waals surface area contributed by atoms with Crippen molar-refractivity contribution in [2.75, 3.05) is 39.1 Å². The fourth-order valence-corrected chi connectivity index (χ4v) is 2.14. The molecule has 134 valence electrons. The van der Waals surface area contributed by atoms with Crippen molar-refractivity contribution in [3.8, 4) is 5.75 Å². The van der Waals surface area contributed by atoms with E-state index in [1.165, 1.54) is 12.4 Å². The Balaban J connectivity index is 1.85. The summed E-state index contributed by atoms with van der Waals surface area (Å²) >= 11 is 0. The Kier molecular flexibility index (Phi) is 7.16. The van der Waals surface area contributed by atoms with Gasteiger partial charge in [0.2, 0.25) is 5.95 Å². The molecule has 2 N–H and O–H groups in total. The van der Waals surface area contributed by atoms with E-state index >= 15 is 0 Å². The number of carbonyl (C=O) groups excluding carboxylic acids is 1. The van der Waals surface area contributed by atoms with Crippen molar-refractivity contribution >= 4 is 17.5 Å². The Hall–Kier alpha value is -2.67. The summed E-state index contributed by atoms with van der Waals surface area (Å²) in [5.41, 5.74) is 1.30. The number of nitrogens with one attached hydrogen (secondary N) is 2. The second-order valence-electron chi connectivity index (χ2n) is 5.79. The van der Waals surface area contributed by atoms with Gasteiger partial charge in [0, 0.05) is 24.6 Å². The molecular weight excluding hydrogens is 318 g/mol. The van der Waals surface area contributed by atoms with E-state index in [0.29, 0.717) is 24.7 Å². The number of rotatable bonds is 9. The normalized spacial score (nSPS) is 10.6. The Bertz CT molecular complexity index is 656. The number of hydrogen-bond acceptors (Lipinski definition) is 6. The molecule has 0 bridgehead atoms. The predicted octanol–water partition coefficient (Wildman–Crippen LogP) is 2.30. The minimum absolute atomic E-state index is 0.161. The van der Waals surface area contributed by atoms with E-state index in [9.17, 15) is 4.79 Å². The van der Waals surface area contributed by atoms with Gasteiger partial charge in [-0.25, -0.2) is 9.97 Å². The summed E-state index contributed by atoms with van der Waals surface area (Å²) in [6, 6.07) is 7.53. The van der Waals surface area contributed by atoms with Crippen LogP contribution in [0.3, 0.4) is 0 Å². The van der Waals surface area contributed by atoms with Gasteiger partial charge >= 0.3 is 0 Å². The van der Waals surface area contributed by atoms with Gasteiger partial charge in [-0.3, -0.25) is 4.79 Å². The van der Waals surface area contributed by atoms with Crippen LogP contribution in [0, 0.1) is 0 Å². The molecule has 0 radical (unpaired) electrons. The second-order valence-corrected chi connectivity index (χ2v) is 5.79. The molecule has 0 saturated carbocycles. The van der Waals surface area contributed by atoms with Crippen LogP contribution in [-0.4, -0.2) is 54.6 Å². The van der Waals surface area contributed by atoms with E-state index in [4.69, 9.17) is 4.74 Å². The summed E-state index contributed by atoms with van der Waals surface area (Å²) in [6.07, 6.45) is 3.94. The lowest BCUT2D eigenvalue weighted by Crippen LogP contribution is -2.27. The molecule has 1 aromatic heterocycles. The maximum Gasteiger partial charge on any atom is 0.254 e. The molecule has 0 aliphatic heterocycles. The lowest BCUT2D eigenvalue weighted by Gasteiger charge is -2.10. The van der Waals surface area contributed by atoms with E-state index < -0.39 is 0 Å². The monoisotopic (exact) mass is 343 g/mol. The molecule has 0 saturated heterocycles. The molecule has 1 amide bonds. The molecule has 1 aromatic carbocycles. The Morgan fingerprint density at radius 1 is 1.16 bits per heavy atom. The zero-order chi connectivity index (χ0) is 18.1. The summed E-state index contributed by atoms with van der Waals surface area (Å²) in [7, 11) is 4.01. The van der Waals surface area contributed by atoms with Gasteiger partial charge in [-0.1, -0.05) is 0 Å². The number of nitrogens with zero attached hydrogens (tertiary/aromatic N) is 3. The highest BCUT2D eigenvalue weighted by Gasteiger charge is 2.07. The predicted molar refractivity (Wildman–Crippen MR) is 98.4 cm³/mol. The molecule has 0 aliphatic carbocycles. The largest absolute Gasteiger partial charge is 0.494 e. The second kappa shape index (κ2) is 9.58. The van der Waals surface area contributed by atoms with E-state index in [-0.39, 0.29) is 5.91 Å². The van der Waals surface area contributed by atoms with Crippen molar-refractivity contribution in [3.05, 3.63) is 42.2 Å². The summed E-state index contributed by atoms with van der Waals surface area (Å²) in [5, 5.41) is 5.95. The Morgan fingerprint density at radius 2 is 1.84 bits per heavy atom. The van der Waals surface area contributed by atoms with Gasteiger partial charge in [-0.2, -0.15) is 0 Å². The van der Waals surface area contributed by atoms with Gasteiger partial charge in [0.05, 0.1) is 12.2 Å². The lowest BCUT2D eigenvalue weighted by atomic mass is 10.3. The van der Waals surface area contributed by atoms with Crippen molar-refractivity contribution in [1.82, 2.24) is 20.2 Å². The fourth-order valence-electron chi connectivity index (χ4n) is 2.14. The molecule has 0 aliphatic rings. The van der Waals surface area contributed by atoms with Gasteiger partial charge in [-0.05, 0) is 58.3 Å². The smallest absolute Gasteiger partial charge is 0.254 e. The molecule has 7 heteroatoms. The van der Waals surface area contributed by atoms with Crippen LogP contribution in [0.1, 0.15) is 23.7 Å². The molecule has 0 atom stereocenters. The number of carbonyl (C=O) groups is 1. The number of ether oxygens (including phenoxy) is 1. The van der Waals surface area contributed by atoms with Crippen molar-refractivity contribution in [1.29, 1.82) is 0 Å². The zero-order valence-electron chi connectivity index (χ0n) is 15.0. The van der Waals surface area contributed by atoms with Gasteiger partial charge in [0.1, 0.15) is 5.75 Å². The summed E-state index contributed by atoms with van der Waals surface area (Å²) in [4.78, 5) is 22.5. The van der Waals surface area contributed by atoms with Crippen molar-refractivity contribution in [2.45, 2.75) is 13.3 Å². The third-order valence-electron chi connectivity index (χ3n) is 3.40. The van der Waals surface area contributed by atoms with Crippen LogP contribution < -0.4 is 15.4 Å². The van der Waals surface area contributed by atoms with Crippen LogP contribution in [0.5, 0.6) is 5.75 Å². The quantitative estimate of drug-likeness (QED) is 0.680. The molecule has 0 unspecified atom stereocenters. The molecular formula is C18H25N5O2. The summed E-state index contributed by atoms with van der Waals surface area (Å²) < 4.78 is 5.40. The molecule has 2 rings (SSSR count). The third-order valence-corrected chi connectivity index (χ3v) is 3.40. The standard InChI is InChI=1S/C18H25N5O2/c1-4-25-16-8-6-15(7-9-16)22-18-20-12-14(13-21-18)17(24)19-10-5-11-23(2)3/h6-9,12-13H,4-5,10-11H2,1-3H3,(H,19,24)(H,20,21,22). The van der Waals surface area contributed by atoms with Gasteiger partial charge in [0.25, 0.3) is 5.91 Å². The Morgan fingerprint density at radius 3 is 2.44 bits per heavy atom. The molecule has 2 aromatic rings. The van der Waals surface area contributed by atoms with Gasteiger partial charge in [-0.15, -0.1) is 0 Å². The van der Waals surface area contributed by atoms with Crippen LogP contribution in [0.2, 0.25) is 0 Å². The van der Waals surface area contributed by atoms with Crippen LogP contribution in [-0.2, 0) is 0 Å². The van der Waals surface area contributed by atoms with Crippen molar-refractivity contribution < 1.29 is 9.53 Å². The molecule has 0 fully saturated rings. The lowest BCUT2D eigenvalue weighted by molar-refractivity contribution is 0.0951. The molecule has 7 nitrogen and oxygen atoms in total. The molecule has 1 heterocycles. The first-order valence-corrected chi connectivity index (χ1v) is 8.33. The van der Waals surface area contributed by atoms with Gasteiger partial charge in [0.15, 0.2) is 0 Å². The van der Waals surface area contributed by atoms with Crippen LogP contribution in [0.15, 0.2) is 36.7 Å². The third kappa shape index (κ3) is 6.39. The van der Waals surface area contributed by atoms with Crippen molar-refractivity contribution in [2.24, 2.45) is 0 Å². The summed E-state index contributed by atoms with van der Waals surface area (Å²) in [5.74, 6) is 1.09. The molecule has 25 heavy (non-hydrogen) atoms. The first-order chi connectivity index (χ1) is 12.1. The maximum absolute atomic E-state index is 12.0. The zero-order valence-corrected chi connectivity index (χ0v) is 15.0. The highest BCUT2D eigenvalue weighted by atomic mass is 16.5. The number of benzene rings is 1. The number of amides is 1. The highest BCUT2D eigenvalue weighted by Crippen LogP contribution is 2.18. The van der Waals surface area contributed by atoms with E-state index in [2.05, 4.69) is 25.5 Å². The van der Waals surface area contributed by atoms with E-state index in [1.54, 1.807) is 0 Å². The summed E-state index contributed by atoms with van der Waals surface area (Å²) in [6.45, 7) is 4.14. The van der Waals surface area contributed by atoms with E-state index in [1.807, 2.05) is 45.3 Å².